The van der Waals surface area contributed by atoms with Crippen molar-refractivity contribution in [2.24, 2.45) is 0 Å². The summed E-state index contributed by atoms with van der Waals surface area (Å²) in [4.78, 5) is 26.3. The Morgan fingerprint density at radius 1 is 1.12 bits per heavy atom. The zero-order valence-corrected chi connectivity index (χ0v) is 15.5. The number of carbonyl (C=O) groups is 2. The maximum absolute atomic E-state index is 12.2. The number of benzene rings is 1. The van der Waals surface area contributed by atoms with Crippen LogP contribution < -0.4 is 20.7 Å². The van der Waals surface area contributed by atoms with Gasteiger partial charge >= 0.3 is 6.03 Å². The number of likely N-dealkylation sites (tertiary alicyclic amines) is 1. The molecule has 1 saturated heterocycles. The van der Waals surface area contributed by atoms with E-state index >= 15 is 0 Å². The molecule has 0 atom stereocenters. The number of ether oxygens (including phenoxy) is 1. The van der Waals surface area contributed by atoms with Crippen molar-refractivity contribution in [3.63, 3.8) is 0 Å². The predicted octanol–water partition coefficient (Wildman–Crippen LogP) is 1.87. The average Bonchev–Trinajstić information content (AvgIpc) is 3.42. The van der Waals surface area contributed by atoms with Crippen molar-refractivity contribution in [1.29, 1.82) is 0 Å². The number of carbonyl (C=O) groups excluding carboxylic acids is 2. The number of hydrogen-bond acceptors (Lipinski definition) is 4. The Hall–Kier alpha value is -2.28. The van der Waals surface area contributed by atoms with Crippen molar-refractivity contribution in [2.75, 3.05) is 32.1 Å². The van der Waals surface area contributed by atoms with Crippen LogP contribution in [-0.2, 0) is 4.79 Å². The van der Waals surface area contributed by atoms with Crippen LogP contribution in [0.25, 0.3) is 0 Å². The fourth-order valence-corrected chi connectivity index (χ4v) is 3.19. The minimum absolute atomic E-state index is 0.117. The number of aryl methyl sites for hydroxylation is 1. The molecule has 26 heavy (non-hydrogen) atoms. The van der Waals surface area contributed by atoms with E-state index in [0.29, 0.717) is 12.6 Å². The van der Waals surface area contributed by atoms with Gasteiger partial charge in [-0.05, 0) is 56.4 Å². The number of anilines is 1. The van der Waals surface area contributed by atoms with E-state index in [1.165, 1.54) is 0 Å². The SMILES string of the molecule is COc1ccc(NC(=O)NC2CCN(CC(=O)NC3CC3)CC2)c(C)c1. The van der Waals surface area contributed by atoms with Crippen molar-refractivity contribution in [2.45, 2.75) is 44.7 Å². The summed E-state index contributed by atoms with van der Waals surface area (Å²) in [5.41, 5.74) is 1.73. The first-order valence-corrected chi connectivity index (χ1v) is 9.27. The van der Waals surface area contributed by atoms with E-state index in [2.05, 4.69) is 20.9 Å². The summed E-state index contributed by atoms with van der Waals surface area (Å²) in [6, 6.07) is 5.91. The molecule has 1 saturated carbocycles. The van der Waals surface area contributed by atoms with E-state index in [1.54, 1.807) is 7.11 Å². The minimum atomic E-state index is -0.191. The largest absolute Gasteiger partial charge is 0.497 e. The van der Waals surface area contributed by atoms with Crippen molar-refractivity contribution < 1.29 is 14.3 Å². The Kier molecular flexibility index (Phi) is 5.98. The van der Waals surface area contributed by atoms with E-state index in [4.69, 9.17) is 4.74 Å². The molecule has 2 fully saturated rings. The monoisotopic (exact) mass is 360 g/mol. The summed E-state index contributed by atoms with van der Waals surface area (Å²) in [7, 11) is 1.62. The maximum atomic E-state index is 12.2. The molecule has 142 valence electrons. The number of methoxy groups -OCH3 is 1. The smallest absolute Gasteiger partial charge is 0.319 e. The highest BCUT2D eigenvalue weighted by atomic mass is 16.5. The third-order valence-corrected chi connectivity index (χ3v) is 4.91. The van der Waals surface area contributed by atoms with Crippen molar-refractivity contribution in [1.82, 2.24) is 15.5 Å². The van der Waals surface area contributed by atoms with Crippen LogP contribution in [0.4, 0.5) is 10.5 Å². The first-order valence-electron chi connectivity index (χ1n) is 9.27. The quantitative estimate of drug-likeness (QED) is 0.723. The number of nitrogens with one attached hydrogen (secondary N) is 3. The van der Waals surface area contributed by atoms with Gasteiger partial charge in [0.25, 0.3) is 0 Å². The van der Waals surface area contributed by atoms with Gasteiger partial charge in [0.05, 0.1) is 13.7 Å². The zero-order chi connectivity index (χ0) is 18.5. The van der Waals surface area contributed by atoms with Gasteiger partial charge in [-0.25, -0.2) is 4.79 Å². The number of nitrogens with zero attached hydrogens (tertiary/aromatic N) is 1. The Morgan fingerprint density at radius 3 is 2.42 bits per heavy atom. The lowest BCUT2D eigenvalue weighted by Gasteiger charge is -2.31. The Labute approximate surface area is 154 Å². The van der Waals surface area contributed by atoms with Crippen molar-refractivity contribution >= 4 is 17.6 Å². The fraction of sp³-hybridized carbons (Fsp3) is 0.579. The second kappa shape index (κ2) is 8.40. The van der Waals surface area contributed by atoms with Gasteiger partial charge in [0.1, 0.15) is 5.75 Å². The Bertz CT molecular complexity index is 652. The van der Waals surface area contributed by atoms with Gasteiger partial charge in [-0.2, -0.15) is 0 Å². The molecule has 0 bridgehead atoms. The summed E-state index contributed by atoms with van der Waals surface area (Å²) >= 11 is 0. The lowest BCUT2D eigenvalue weighted by molar-refractivity contribution is -0.122. The topological polar surface area (TPSA) is 82.7 Å². The summed E-state index contributed by atoms with van der Waals surface area (Å²) in [5, 5.41) is 8.94. The van der Waals surface area contributed by atoms with E-state index in [-0.39, 0.29) is 18.0 Å². The summed E-state index contributed by atoms with van der Waals surface area (Å²) in [5.74, 6) is 0.887. The van der Waals surface area contributed by atoms with Gasteiger partial charge in [-0.3, -0.25) is 9.69 Å². The molecule has 3 rings (SSSR count). The maximum Gasteiger partial charge on any atom is 0.319 e. The normalized spacial score (nSPS) is 18.2. The van der Waals surface area contributed by atoms with Crippen LogP contribution in [0.3, 0.4) is 0 Å². The molecule has 7 nitrogen and oxygen atoms in total. The lowest BCUT2D eigenvalue weighted by atomic mass is 10.1. The van der Waals surface area contributed by atoms with E-state index in [1.807, 2.05) is 25.1 Å². The molecule has 0 spiro atoms. The highest BCUT2D eigenvalue weighted by molar-refractivity contribution is 5.90. The van der Waals surface area contributed by atoms with Crippen LogP contribution in [0.1, 0.15) is 31.2 Å². The summed E-state index contributed by atoms with van der Waals surface area (Å²) < 4.78 is 5.18. The highest BCUT2D eigenvalue weighted by Crippen LogP contribution is 2.21. The first-order chi connectivity index (χ1) is 12.5. The standard InChI is InChI=1S/C19H28N4O3/c1-13-11-16(26-2)5-6-17(13)22-19(25)21-15-7-9-23(10-8-15)12-18(24)20-14-3-4-14/h5-6,11,14-15H,3-4,7-10,12H2,1-2H3,(H,20,24)(H2,21,22,25). The van der Waals surface area contributed by atoms with Gasteiger partial charge in [-0.1, -0.05) is 0 Å². The van der Waals surface area contributed by atoms with Gasteiger partial charge < -0.3 is 20.7 Å². The molecule has 1 aromatic rings. The minimum Gasteiger partial charge on any atom is -0.497 e. The zero-order valence-electron chi connectivity index (χ0n) is 15.5. The molecular weight excluding hydrogens is 332 g/mol. The molecule has 3 N–H and O–H groups in total. The van der Waals surface area contributed by atoms with Gasteiger partial charge in [-0.15, -0.1) is 0 Å². The molecule has 2 aliphatic rings. The Morgan fingerprint density at radius 2 is 1.81 bits per heavy atom. The van der Waals surface area contributed by atoms with Crippen molar-refractivity contribution in [3.05, 3.63) is 23.8 Å². The first kappa shape index (κ1) is 18.5. The van der Waals surface area contributed by atoms with Crippen LogP contribution in [0, 0.1) is 6.92 Å². The van der Waals surface area contributed by atoms with Crippen LogP contribution >= 0.6 is 0 Å². The highest BCUT2D eigenvalue weighted by Gasteiger charge is 2.26. The number of amides is 3. The third kappa shape index (κ3) is 5.36. The number of piperidine rings is 1. The predicted molar refractivity (Wildman–Crippen MR) is 101 cm³/mol. The van der Waals surface area contributed by atoms with Crippen LogP contribution in [0.5, 0.6) is 5.75 Å². The second-order valence-electron chi connectivity index (χ2n) is 7.17. The van der Waals surface area contributed by atoms with E-state index in [0.717, 1.165) is 55.8 Å². The molecule has 1 aliphatic heterocycles. The second-order valence-corrected chi connectivity index (χ2v) is 7.17. The Balaban J connectivity index is 1.39. The molecule has 0 radical (unpaired) electrons. The van der Waals surface area contributed by atoms with Crippen LogP contribution in [0.15, 0.2) is 18.2 Å². The third-order valence-electron chi connectivity index (χ3n) is 4.91. The molecule has 0 unspecified atom stereocenters. The molecule has 7 heteroatoms. The van der Waals surface area contributed by atoms with Gasteiger partial charge in [0.2, 0.25) is 5.91 Å². The number of urea groups is 1. The van der Waals surface area contributed by atoms with E-state index in [9.17, 15) is 9.59 Å². The molecule has 1 aliphatic carbocycles. The fourth-order valence-electron chi connectivity index (χ4n) is 3.19. The lowest BCUT2D eigenvalue weighted by Crippen LogP contribution is -2.48. The summed E-state index contributed by atoms with van der Waals surface area (Å²) in [6.45, 7) is 4.04. The van der Waals surface area contributed by atoms with Crippen LogP contribution in [0.2, 0.25) is 0 Å². The van der Waals surface area contributed by atoms with Crippen LogP contribution in [-0.4, -0.2) is 55.7 Å². The molecule has 3 amide bonds. The van der Waals surface area contributed by atoms with Gasteiger partial charge in [0, 0.05) is 30.9 Å². The summed E-state index contributed by atoms with van der Waals surface area (Å²) in [6.07, 6.45) is 3.93. The molecule has 0 aromatic heterocycles. The van der Waals surface area contributed by atoms with E-state index < -0.39 is 0 Å². The number of rotatable bonds is 6. The molecule has 1 aromatic carbocycles. The van der Waals surface area contributed by atoms with Crippen molar-refractivity contribution in [3.8, 4) is 5.75 Å². The number of hydrogen-bond donors (Lipinski definition) is 3. The molecular formula is C19H28N4O3. The van der Waals surface area contributed by atoms with Gasteiger partial charge in [0.15, 0.2) is 0 Å². The average molecular weight is 360 g/mol. The molecule has 1 heterocycles.